The number of aliphatic hydroxyl groups is 1. The lowest BCUT2D eigenvalue weighted by Gasteiger charge is -2.21. The fourth-order valence-corrected chi connectivity index (χ4v) is 2.04. The molecule has 4 nitrogen and oxygen atoms in total. The molecule has 2 rings (SSSR count). The Balaban J connectivity index is 2.00. The van der Waals surface area contributed by atoms with Crippen LogP contribution in [0.1, 0.15) is 18.7 Å². The van der Waals surface area contributed by atoms with Crippen LogP contribution >= 0.6 is 0 Å². The summed E-state index contributed by atoms with van der Waals surface area (Å²) in [4.78, 5) is 6.60. The van der Waals surface area contributed by atoms with Crippen molar-refractivity contribution in [1.82, 2.24) is 14.5 Å². The fourth-order valence-electron chi connectivity index (χ4n) is 2.04. The van der Waals surface area contributed by atoms with Crippen molar-refractivity contribution in [3.05, 3.63) is 18.2 Å². The molecule has 4 heteroatoms. The number of likely N-dealkylation sites (tertiary alicyclic amines) is 1. The summed E-state index contributed by atoms with van der Waals surface area (Å²) in [6.07, 6.45) is 6.08. The standard InChI is InChI=1S/C10H17N3O/c1-12-6-4-11-10(12)7-13-5-2-3-9(13)8-14/h4,6,9,14H,2-3,5,7-8H2,1H3/t9-/m0/s1. The molecular weight excluding hydrogens is 178 g/mol. The quantitative estimate of drug-likeness (QED) is 0.758. The monoisotopic (exact) mass is 195 g/mol. The second kappa shape index (κ2) is 4.11. The van der Waals surface area contributed by atoms with Crippen LogP contribution in [0.15, 0.2) is 12.4 Å². The van der Waals surface area contributed by atoms with Crippen molar-refractivity contribution in [2.45, 2.75) is 25.4 Å². The number of nitrogens with zero attached hydrogens (tertiary/aromatic N) is 3. The SMILES string of the molecule is Cn1ccnc1CN1CCC[C@H]1CO. The molecule has 1 aliphatic heterocycles. The van der Waals surface area contributed by atoms with Crippen molar-refractivity contribution >= 4 is 0 Å². The topological polar surface area (TPSA) is 41.3 Å². The molecule has 1 aromatic heterocycles. The lowest BCUT2D eigenvalue weighted by atomic mass is 10.2. The normalized spacial score (nSPS) is 23.1. The molecule has 1 atom stereocenters. The first kappa shape index (κ1) is 9.68. The summed E-state index contributed by atoms with van der Waals surface area (Å²) in [5, 5.41) is 9.17. The van der Waals surface area contributed by atoms with Gasteiger partial charge in [0.05, 0.1) is 13.2 Å². The summed E-state index contributed by atoms with van der Waals surface area (Å²) in [5.41, 5.74) is 0. The van der Waals surface area contributed by atoms with E-state index in [9.17, 15) is 0 Å². The maximum Gasteiger partial charge on any atom is 0.122 e. The zero-order valence-corrected chi connectivity index (χ0v) is 8.56. The van der Waals surface area contributed by atoms with Crippen molar-refractivity contribution in [3.8, 4) is 0 Å². The highest BCUT2D eigenvalue weighted by Gasteiger charge is 2.24. The first-order valence-corrected chi connectivity index (χ1v) is 5.12. The third kappa shape index (κ3) is 1.81. The van der Waals surface area contributed by atoms with E-state index in [0.717, 1.165) is 25.3 Å². The molecule has 0 bridgehead atoms. The van der Waals surface area contributed by atoms with Crippen LogP contribution in [0.3, 0.4) is 0 Å². The number of hydrogen-bond acceptors (Lipinski definition) is 3. The molecule has 0 aromatic carbocycles. The Bertz CT molecular complexity index is 297. The van der Waals surface area contributed by atoms with Crippen molar-refractivity contribution < 1.29 is 5.11 Å². The minimum Gasteiger partial charge on any atom is -0.395 e. The van der Waals surface area contributed by atoms with Crippen molar-refractivity contribution in [2.75, 3.05) is 13.2 Å². The Morgan fingerprint density at radius 3 is 3.14 bits per heavy atom. The predicted molar refractivity (Wildman–Crippen MR) is 53.7 cm³/mol. The van der Waals surface area contributed by atoms with E-state index < -0.39 is 0 Å². The van der Waals surface area contributed by atoms with Crippen LogP contribution in [-0.2, 0) is 13.6 Å². The average Bonchev–Trinajstić information content (AvgIpc) is 2.77. The number of aryl methyl sites for hydroxylation is 1. The van der Waals surface area contributed by atoms with E-state index in [1.165, 1.54) is 6.42 Å². The van der Waals surface area contributed by atoms with E-state index in [-0.39, 0.29) is 6.61 Å². The number of imidazole rings is 1. The number of hydrogen-bond donors (Lipinski definition) is 1. The van der Waals surface area contributed by atoms with E-state index in [0.29, 0.717) is 6.04 Å². The van der Waals surface area contributed by atoms with E-state index in [1.54, 1.807) is 0 Å². The van der Waals surface area contributed by atoms with Crippen LogP contribution < -0.4 is 0 Å². The van der Waals surface area contributed by atoms with E-state index >= 15 is 0 Å². The molecule has 1 aliphatic rings. The first-order valence-electron chi connectivity index (χ1n) is 5.12. The molecule has 1 fully saturated rings. The van der Waals surface area contributed by atoms with Gasteiger partial charge >= 0.3 is 0 Å². The summed E-state index contributed by atoms with van der Waals surface area (Å²) in [6.45, 7) is 2.21. The molecule has 14 heavy (non-hydrogen) atoms. The van der Waals surface area contributed by atoms with Gasteiger partial charge in [0.1, 0.15) is 5.82 Å². The molecule has 0 saturated carbocycles. The Kier molecular flexibility index (Phi) is 2.84. The summed E-state index contributed by atoms with van der Waals surface area (Å²) in [6, 6.07) is 0.340. The van der Waals surface area contributed by atoms with Crippen molar-refractivity contribution in [2.24, 2.45) is 7.05 Å². The van der Waals surface area contributed by atoms with Gasteiger partial charge in [0.2, 0.25) is 0 Å². The highest BCUT2D eigenvalue weighted by molar-refractivity contribution is 4.93. The highest BCUT2D eigenvalue weighted by Crippen LogP contribution is 2.18. The molecule has 0 spiro atoms. The van der Waals surface area contributed by atoms with Crippen LogP contribution in [0.25, 0.3) is 0 Å². The first-order chi connectivity index (χ1) is 6.81. The van der Waals surface area contributed by atoms with Gasteiger partial charge in [-0.25, -0.2) is 4.98 Å². The molecule has 0 radical (unpaired) electrons. The maximum atomic E-state index is 9.17. The largest absolute Gasteiger partial charge is 0.395 e. The van der Waals surface area contributed by atoms with Crippen molar-refractivity contribution in [3.63, 3.8) is 0 Å². The van der Waals surface area contributed by atoms with Crippen LogP contribution in [0.5, 0.6) is 0 Å². The predicted octanol–water partition coefficient (Wildman–Crippen LogP) is 0.377. The molecule has 78 valence electrons. The van der Waals surface area contributed by atoms with Crippen LogP contribution in [0, 0.1) is 0 Å². The van der Waals surface area contributed by atoms with Crippen molar-refractivity contribution in [1.29, 1.82) is 0 Å². The summed E-state index contributed by atoms with van der Waals surface area (Å²) in [7, 11) is 2.01. The second-order valence-electron chi connectivity index (χ2n) is 3.90. The fraction of sp³-hybridized carbons (Fsp3) is 0.700. The van der Waals surface area contributed by atoms with Crippen LogP contribution in [0.2, 0.25) is 0 Å². The molecule has 0 aliphatic carbocycles. The second-order valence-corrected chi connectivity index (χ2v) is 3.90. The molecule has 0 amide bonds. The van der Waals surface area contributed by atoms with Gasteiger partial charge in [-0.05, 0) is 19.4 Å². The summed E-state index contributed by atoms with van der Waals surface area (Å²) >= 11 is 0. The minimum atomic E-state index is 0.268. The zero-order chi connectivity index (χ0) is 9.97. The lowest BCUT2D eigenvalue weighted by Crippen LogP contribution is -2.32. The molecule has 1 N–H and O–H groups in total. The van der Waals surface area contributed by atoms with E-state index in [2.05, 4.69) is 9.88 Å². The molecule has 1 saturated heterocycles. The number of rotatable bonds is 3. The highest BCUT2D eigenvalue weighted by atomic mass is 16.3. The number of aliphatic hydroxyl groups excluding tert-OH is 1. The minimum absolute atomic E-state index is 0.268. The van der Waals surface area contributed by atoms with Gasteiger partial charge in [0.25, 0.3) is 0 Å². The van der Waals surface area contributed by atoms with E-state index in [4.69, 9.17) is 5.11 Å². The lowest BCUT2D eigenvalue weighted by molar-refractivity contribution is 0.150. The van der Waals surface area contributed by atoms with Gasteiger partial charge in [-0.1, -0.05) is 0 Å². The zero-order valence-electron chi connectivity index (χ0n) is 8.56. The van der Waals surface area contributed by atoms with Gasteiger partial charge in [-0.3, -0.25) is 4.90 Å². The Labute approximate surface area is 84.2 Å². The Morgan fingerprint density at radius 2 is 2.50 bits per heavy atom. The summed E-state index contributed by atoms with van der Waals surface area (Å²) in [5.74, 6) is 1.07. The summed E-state index contributed by atoms with van der Waals surface area (Å²) < 4.78 is 2.03. The van der Waals surface area contributed by atoms with Crippen LogP contribution in [0.4, 0.5) is 0 Å². The third-order valence-corrected chi connectivity index (χ3v) is 2.98. The smallest absolute Gasteiger partial charge is 0.122 e. The van der Waals surface area contributed by atoms with Gasteiger partial charge in [-0.15, -0.1) is 0 Å². The molecule has 1 aromatic rings. The van der Waals surface area contributed by atoms with Gasteiger partial charge in [0.15, 0.2) is 0 Å². The molecular formula is C10H17N3O. The van der Waals surface area contributed by atoms with Crippen LogP contribution in [-0.4, -0.2) is 38.8 Å². The Hall–Kier alpha value is -0.870. The number of aromatic nitrogens is 2. The molecule has 2 heterocycles. The third-order valence-electron chi connectivity index (χ3n) is 2.98. The maximum absolute atomic E-state index is 9.17. The Morgan fingerprint density at radius 1 is 1.64 bits per heavy atom. The molecule has 0 unspecified atom stereocenters. The van der Waals surface area contributed by atoms with Gasteiger partial charge in [0, 0.05) is 25.5 Å². The van der Waals surface area contributed by atoms with Gasteiger partial charge < -0.3 is 9.67 Å². The van der Waals surface area contributed by atoms with Gasteiger partial charge in [-0.2, -0.15) is 0 Å². The van der Waals surface area contributed by atoms with E-state index in [1.807, 2.05) is 24.0 Å². The average molecular weight is 195 g/mol.